The van der Waals surface area contributed by atoms with Crippen molar-refractivity contribution in [1.29, 1.82) is 0 Å². The van der Waals surface area contributed by atoms with Crippen LogP contribution in [0.15, 0.2) is 24.3 Å². The summed E-state index contributed by atoms with van der Waals surface area (Å²) in [5, 5.41) is 0. The molecule has 2 unspecified atom stereocenters. The molecule has 2 atom stereocenters. The fourth-order valence-corrected chi connectivity index (χ4v) is 2.13. The number of benzene rings is 1. The Bertz CT molecular complexity index is 378. The maximum absolute atomic E-state index is 11.6. The molecule has 1 fully saturated rings. The van der Waals surface area contributed by atoms with Gasteiger partial charge in [0.2, 0.25) is 0 Å². The van der Waals surface area contributed by atoms with Gasteiger partial charge < -0.3 is 4.74 Å². The minimum atomic E-state index is -0.0412. The van der Waals surface area contributed by atoms with E-state index in [-0.39, 0.29) is 18.0 Å². The highest BCUT2D eigenvalue weighted by molar-refractivity contribution is 5.75. The zero-order chi connectivity index (χ0) is 11.7. The smallest absolute Gasteiger partial charge is 0.309 e. The highest BCUT2D eigenvalue weighted by Gasteiger charge is 2.36. The Labute approximate surface area is 96.6 Å². The third kappa shape index (κ3) is 2.11. The van der Waals surface area contributed by atoms with Gasteiger partial charge in [0.05, 0.1) is 5.92 Å². The van der Waals surface area contributed by atoms with E-state index in [1.165, 1.54) is 5.56 Å². The molecule has 0 radical (unpaired) electrons. The van der Waals surface area contributed by atoms with Gasteiger partial charge in [0.1, 0.15) is 6.10 Å². The van der Waals surface area contributed by atoms with Crippen molar-refractivity contribution in [3.8, 4) is 0 Å². The summed E-state index contributed by atoms with van der Waals surface area (Å²) in [7, 11) is 0. The molecule has 0 spiro atoms. The van der Waals surface area contributed by atoms with Crippen LogP contribution in [-0.2, 0) is 9.53 Å². The first-order valence-corrected chi connectivity index (χ1v) is 5.85. The van der Waals surface area contributed by atoms with Crippen LogP contribution in [0.25, 0.3) is 0 Å². The second kappa shape index (κ2) is 4.28. The van der Waals surface area contributed by atoms with Gasteiger partial charge in [0, 0.05) is 6.42 Å². The monoisotopic (exact) mass is 218 g/mol. The molecule has 0 N–H and O–H groups in total. The highest BCUT2D eigenvalue weighted by atomic mass is 16.6. The molecule has 0 aromatic heterocycles. The molecule has 86 valence electrons. The lowest BCUT2D eigenvalue weighted by atomic mass is 9.91. The van der Waals surface area contributed by atoms with Crippen LogP contribution in [0.3, 0.4) is 0 Å². The van der Waals surface area contributed by atoms with Crippen LogP contribution in [0.4, 0.5) is 0 Å². The van der Waals surface area contributed by atoms with Crippen molar-refractivity contribution in [2.45, 2.75) is 33.3 Å². The first kappa shape index (κ1) is 11.2. The van der Waals surface area contributed by atoms with Crippen molar-refractivity contribution in [2.75, 3.05) is 0 Å². The number of aryl methyl sites for hydroxylation is 1. The minimum absolute atomic E-state index is 0.0411. The van der Waals surface area contributed by atoms with Crippen LogP contribution in [0, 0.1) is 18.8 Å². The van der Waals surface area contributed by atoms with E-state index < -0.39 is 0 Å². The minimum Gasteiger partial charge on any atom is -0.457 e. The van der Waals surface area contributed by atoms with Crippen LogP contribution in [0.2, 0.25) is 0 Å². The summed E-state index contributed by atoms with van der Waals surface area (Å²) in [4.78, 5) is 11.6. The lowest BCUT2D eigenvalue weighted by molar-refractivity contribution is -0.145. The van der Waals surface area contributed by atoms with Crippen molar-refractivity contribution >= 4 is 5.97 Å². The molecule has 0 aliphatic carbocycles. The average molecular weight is 218 g/mol. The van der Waals surface area contributed by atoms with Gasteiger partial charge in [0.25, 0.3) is 0 Å². The molecule has 2 nitrogen and oxygen atoms in total. The van der Waals surface area contributed by atoms with E-state index in [1.807, 2.05) is 0 Å². The molecule has 2 heteroatoms. The third-order valence-electron chi connectivity index (χ3n) is 3.28. The van der Waals surface area contributed by atoms with Crippen molar-refractivity contribution in [3.63, 3.8) is 0 Å². The molecule has 2 rings (SSSR count). The molecule has 0 amide bonds. The molecule has 1 aromatic rings. The number of hydrogen-bond donors (Lipinski definition) is 0. The maximum Gasteiger partial charge on any atom is 0.309 e. The molecular formula is C14H18O2. The Morgan fingerprint density at radius 1 is 1.25 bits per heavy atom. The van der Waals surface area contributed by atoms with Crippen LogP contribution in [-0.4, -0.2) is 5.97 Å². The Morgan fingerprint density at radius 2 is 1.88 bits per heavy atom. The van der Waals surface area contributed by atoms with Gasteiger partial charge in [-0.2, -0.15) is 0 Å². The van der Waals surface area contributed by atoms with Gasteiger partial charge in [-0.15, -0.1) is 0 Å². The molecule has 16 heavy (non-hydrogen) atoms. The quantitative estimate of drug-likeness (QED) is 0.712. The van der Waals surface area contributed by atoms with E-state index in [2.05, 4.69) is 45.0 Å². The summed E-state index contributed by atoms with van der Waals surface area (Å²) < 4.78 is 5.42. The van der Waals surface area contributed by atoms with Crippen molar-refractivity contribution in [2.24, 2.45) is 11.8 Å². The van der Waals surface area contributed by atoms with E-state index in [0.29, 0.717) is 5.92 Å². The fourth-order valence-electron chi connectivity index (χ4n) is 2.13. The summed E-state index contributed by atoms with van der Waals surface area (Å²) >= 11 is 0. The number of carbonyl (C=O) groups is 1. The lowest BCUT2D eigenvalue weighted by Gasteiger charge is -2.10. The Balaban J connectivity index is 2.13. The van der Waals surface area contributed by atoms with Crippen molar-refractivity contribution in [1.82, 2.24) is 0 Å². The van der Waals surface area contributed by atoms with E-state index in [4.69, 9.17) is 4.74 Å². The van der Waals surface area contributed by atoms with Crippen LogP contribution >= 0.6 is 0 Å². The van der Waals surface area contributed by atoms with Crippen LogP contribution in [0.1, 0.15) is 37.5 Å². The zero-order valence-corrected chi connectivity index (χ0v) is 10.1. The van der Waals surface area contributed by atoms with Crippen molar-refractivity contribution < 1.29 is 9.53 Å². The van der Waals surface area contributed by atoms with Gasteiger partial charge in [-0.25, -0.2) is 0 Å². The third-order valence-corrected chi connectivity index (χ3v) is 3.28. The number of esters is 1. The maximum atomic E-state index is 11.6. The molecule has 1 heterocycles. The summed E-state index contributed by atoms with van der Waals surface area (Å²) in [6, 6.07) is 8.23. The molecule has 0 saturated carbocycles. The van der Waals surface area contributed by atoms with Gasteiger partial charge >= 0.3 is 5.97 Å². The number of hydrogen-bond acceptors (Lipinski definition) is 2. The number of cyclic esters (lactones) is 1. The SMILES string of the molecule is Cc1ccc(C2CC(C(C)C)C(=O)O2)cc1. The first-order valence-electron chi connectivity index (χ1n) is 5.85. The first-order chi connectivity index (χ1) is 7.58. The standard InChI is InChI=1S/C14H18O2/c1-9(2)12-8-13(16-14(12)15)11-6-4-10(3)5-7-11/h4-7,9,12-13H,8H2,1-3H3. The molecule has 0 bridgehead atoms. The molecular weight excluding hydrogens is 200 g/mol. The van der Waals surface area contributed by atoms with E-state index >= 15 is 0 Å². The Hall–Kier alpha value is -1.31. The predicted octanol–water partition coefficient (Wildman–Crippen LogP) is 3.26. The summed E-state index contributed by atoms with van der Waals surface area (Å²) in [5.74, 6) is 0.384. The highest BCUT2D eigenvalue weighted by Crippen LogP contribution is 2.36. The normalized spacial score (nSPS) is 24.9. The fraction of sp³-hybridized carbons (Fsp3) is 0.500. The molecule has 1 saturated heterocycles. The van der Waals surface area contributed by atoms with Gasteiger partial charge in [0.15, 0.2) is 0 Å². The number of rotatable bonds is 2. The summed E-state index contributed by atoms with van der Waals surface area (Å²) in [6.45, 7) is 6.20. The topological polar surface area (TPSA) is 26.3 Å². The van der Waals surface area contributed by atoms with E-state index in [9.17, 15) is 4.79 Å². The summed E-state index contributed by atoms with van der Waals surface area (Å²) in [5.41, 5.74) is 2.34. The van der Waals surface area contributed by atoms with Gasteiger partial charge in [-0.3, -0.25) is 4.79 Å². The Morgan fingerprint density at radius 3 is 2.38 bits per heavy atom. The van der Waals surface area contributed by atoms with E-state index in [1.54, 1.807) is 0 Å². The molecule has 1 aromatic carbocycles. The molecule has 1 aliphatic rings. The number of ether oxygens (including phenoxy) is 1. The predicted molar refractivity (Wildman–Crippen MR) is 63.0 cm³/mol. The van der Waals surface area contributed by atoms with Crippen LogP contribution in [0.5, 0.6) is 0 Å². The van der Waals surface area contributed by atoms with Crippen LogP contribution < -0.4 is 0 Å². The largest absolute Gasteiger partial charge is 0.457 e. The van der Waals surface area contributed by atoms with Gasteiger partial charge in [-0.05, 0) is 18.4 Å². The summed E-state index contributed by atoms with van der Waals surface area (Å²) in [6.07, 6.45) is 0.778. The second-order valence-electron chi connectivity index (χ2n) is 4.92. The second-order valence-corrected chi connectivity index (χ2v) is 4.92. The average Bonchev–Trinajstić information content (AvgIpc) is 2.61. The lowest BCUT2D eigenvalue weighted by Crippen LogP contribution is -2.13. The number of carbonyl (C=O) groups excluding carboxylic acids is 1. The van der Waals surface area contributed by atoms with E-state index in [0.717, 1.165) is 12.0 Å². The Kier molecular flexibility index (Phi) is 2.99. The molecule has 1 aliphatic heterocycles. The van der Waals surface area contributed by atoms with Crippen molar-refractivity contribution in [3.05, 3.63) is 35.4 Å². The zero-order valence-electron chi connectivity index (χ0n) is 10.1. The van der Waals surface area contributed by atoms with Gasteiger partial charge in [-0.1, -0.05) is 43.7 Å².